The molecule has 1 aromatic carbocycles. The fourth-order valence-electron chi connectivity index (χ4n) is 1.58. The third-order valence-corrected chi connectivity index (χ3v) is 2.96. The largest absolute Gasteiger partial charge is 0.396 e. The SMILES string of the molecule is Cc1cc(C)n(-c2cccc(Br)c2N)n1. The van der Waals surface area contributed by atoms with Gasteiger partial charge in [-0.1, -0.05) is 6.07 Å². The average molecular weight is 266 g/mol. The van der Waals surface area contributed by atoms with E-state index >= 15 is 0 Å². The van der Waals surface area contributed by atoms with Gasteiger partial charge in [0.1, 0.15) is 0 Å². The number of benzene rings is 1. The van der Waals surface area contributed by atoms with Crippen molar-refractivity contribution in [2.75, 3.05) is 5.73 Å². The maximum Gasteiger partial charge on any atom is 0.0889 e. The molecule has 0 atom stereocenters. The number of para-hydroxylation sites is 1. The highest BCUT2D eigenvalue weighted by Gasteiger charge is 2.08. The lowest BCUT2D eigenvalue weighted by molar-refractivity contribution is 0.835. The van der Waals surface area contributed by atoms with Crippen LogP contribution in [0.2, 0.25) is 0 Å². The molecule has 0 saturated heterocycles. The van der Waals surface area contributed by atoms with Crippen LogP contribution in [-0.2, 0) is 0 Å². The number of anilines is 1. The first-order valence-corrected chi connectivity index (χ1v) is 5.46. The Morgan fingerprint density at radius 3 is 2.67 bits per heavy atom. The van der Waals surface area contributed by atoms with Crippen LogP contribution in [0.25, 0.3) is 5.69 Å². The molecule has 2 rings (SSSR count). The summed E-state index contributed by atoms with van der Waals surface area (Å²) in [6.07, 6.45) is 0. The lowest BCUT2D eigenvalue weighted by Crippen LogP contribution is -2.03. The molecule has 0 bridgehead atoms. The Balaban J connectivity index is 2.64. The fraction of sp³-hybridized carbons (Fsp3) is 0.182. The van der Waals surface area contributed by atoms with Gasteiger partial charge in [0, 0.05) is 10.2 Å². The van der Waals surface area contributed by atoms with E-state index in [4.69, 9.17) is 5.73 Å². The van der Waals surface area contributed by atoms with E-state index in [2.05, 4.69) is 21.0 Å². The molecule has 4 heteroatoms. The molecule has 1 aromatic heterocycles. The number of rotatable bonds is 1. The van der Waals surface area contributed by atoms with Crippen LogP contribution in [0.4, 0.5) is 5.69 Å². The highest BCUT2D eigenvalue weighted by Crippen LogP contribution is 2.26. The third-order valence-electron chi connectivity index (χ3n) is 2.27. The fourth-order valence-corrected chi connectivity index (χ4v) is 1.94. The van der Waals surface area contributed by atoms with E-state index in [-0.39, 0.29) is 0 Å². The summed E-state index contributed by atoms with van der Waals surface area (Å²) >= 11 is 3.41. The maximum atomic E-state index is 5.99. The smallest absolute Gasteiger partial charge is 0.0889 e. The number of aryl methyl sites for hydroxylation is 2. The molecule has 0 spiro atoms. The molecule has 15 heavy (non-hydrogen) atoms. The Bertz CT molecular complexity index is 503. The second kappa shape index (κ2) is 3.70. The normalized spacial score (nSPS) is 10.6. The predicted octanol–water partition coefficient (Wildman–Crippen LogP) is 2.83. The summed E-state index contributed by atoms with van der Waals surface area (Å²) in [6, 6.07) is 7.86. The zero-order valence-electron chi connectivity index (χ0n) is 8.66. The third kappa shape index (κ3) is 1.77. The van der Waals surface area contributed by atoms with E-state index in [1.807, 2.05) is 42.8 Å². The quantitative estimate of drug-likeness (QED) is 0.806. The van der Waals surface area contributed by atoms with Gasteiger partial charge in [0.15, 0.2) is 0 Å². The van der Waals surface area contributed by atoms with Crippen LogP contribution in [0.15, 0.2) is 28.7 Å². The van der Waals surface area contributed by atoms with Crippen molar-refractivity contribution in [3.05, 3.63) is 40.1 Å². The first kappa shape index (κ1) is 10.2. The van der Waals surface area contributed by atoms with Crippen molar-refractivity contribution in [3.8, 4) is 5.69 Å². The van der Waals surface area contributed by atoms with Crippen LogP contribution < -0.4 is 5.73 Å². The van der Waals surface area contributed by atoms with Crippen LogP contribution in [0.3, 0.4) is 0 Å². The van der Waals surface area contributed by atoms with Gasteiger partial charge in [-0.2, -0.15) is 5.10 Å². The van der Waals surface area contributed by atoms with Crippen molar-refractivity contribution in [2.24, 2.45) is 0 Å². The molecule has 3 nitrogen and oxygen atoms in total. The van der Waals surface area contributed by atoms with Crippen molar-refractivity contribution in [3.63, 3.8) is 0 Å². The van der Waals surface area contributed by atoms with E-state index in [9.17, 15) is 0 Å². The molecule has 0 aliphatic heterocycles. The van der Waals surface area contributed by atoms with Gasteiger partial charge in [-0.3, -0.25) is 0 Å². The van der Waals surface area contributed by atoms with Gasteiger partial charge in [0.25, 0.3) is 0 Å². The lowest BCUT2D eigenvalue weighted by Gasteiger charge is -2.08. The zero-order chi connectivity index (χ0) is 11.0. The van der Waals surface area contributed by atoms with Crippen LogP contribution in [0, 0.1) is 13.8 Å². The Labute approximate surface area is 97.0 Å². The van der Waals surface area contributed by atoms with Crippen LogP contribution in [0.5, 0.6) is 0 Å². The molecule has 0 radical (unpaired) electrons. The molecule has 0 saturated carbocycles. The Morgan fingerprint density at radius 1 is 1.33 bits per heavy atom. The number of nitrogens with zero attached hydrogens (tertiary/aromatic N) is 2. The minimum absolute atomic E-state index is 0.712. The van der Waals surface area contributed by atoms with E-state index in [0.29, 0.717) is 5.69 Å². The Morgan fingerprint density at radius 2 is 2.07 bits per heavy atom. The summed E-state index contributed by atoms with van der Waals surface area (Å²) in [6.45, 7) is 3.98. The second-order valence-corrected chi connectivity index (χ2v) is 4.37. The molecule has 0 aliphatic carbocycles. The summed E-state index contributed by atoms with van der Waals surface area (Å²) in [7, 11) is 0. The minimum Gasteiger partial charge on any atom is -0.396 e. The van der Waals surface area contributed by atoms with E-state index in [1.54, 1.807) is 0 Å². The molecule has 0 amide bonds. The zero-order valence-corrected chi connectivity index (χ0v) is 10.2. The van der Waals surface area contributed by atoms with Crippen molar-refractivity contribution < 1.29 is 0 Å². The van der Waals surface area contributed by atoms with Crippen molar-refractivity contribution in [1.29, 1.82) is 0 Å². The first-order valence-electron chi connectivity index (χ1n) is 4.67. The van der Waals surface area contributed by atoms with Gasteiger partial charge in [0.05, 0.1) is 17.1 Å². The molecule has 0 aliphatic rings. The highest BCUT2D eigenvalue weighted by atomic mass is 79.9. The second-order valence-electron chi connectivity index (χ2n) is 3.51. The van der Waals surface area contributed by atoms with Crippen molar-refractivity contribution in [2.45, 2.75) is 13.8 Å². The standard InChI is InChI=1S/C11H12BrN3/c1-7-6-8(2)15(14-7)10-5-3-4-9(12)11(10)13/h3-6H,13H2,1-2H3. The van der Waals surface area contributed by atoms with Gasteiger partial charge in [-0.15, -0.1) is 0 Å². The van der Waals surface area contributed by atoms with E-state index < -0.39 is 0 Å². The minimum atomic E-state index is 0.712. The summed E-state index contributed by atoms with van der Waals surface area (Å²) in [5.41, 5.74) is 9.68. The molecule has 2 aromatic rings. The van der Waals surface area contributed by atoms with E-state index in [1.165, 1.54) is 0 Å². The van der Waals surface area contributed by atoms with Gasteiger partial charge >= 0.3 is 0 Å². The highest BCUT2D eigenvalue weighted by molar-refractivity contribution is 9.10. The maximum absolute atomic E-state index is 5.99. The Hall–Kier alpha value is -1.29. The average Bonchev–Trinajstić information content (AvgIpc) is 2.50. The first-order chi connectivity index (χ1) is 7.09. The molecular weight excluding hydrogens is 254 g/mol. The molecule has 2 N–H and O–H groups in total. The number of halogens is 1. The van der Waals surface area contributed by atoms with Gasteiger partial charge < -0.3 is 5.73 Å². The molecule has 1 heterocycles. The molecule has 78 valence electrons. The van der Waals surface area contributed by atoms with Crippen molar-refractivity contribution >= 4 is 21.6 Å². The summed E-state index contributed by atoms with van der Waals surface area (Å²) in [4.78, 5) is 0. The number of aromatic nitrogens is 2. The Kier molecular flexibility index (Phi) is 2.52. The van der Waals surface area contributed by atoms with Crippen LogP contribution >= 0.6 is 15.9 Å². The van der Waals surface area contributed by atoms with Crippen LogP contribution in [-0.4, -0.2) is 9.78 Å². The van der Waals surface area contributed by atoms with E-state index in [0.717, 1.165) is 21.5 Å². The number of nitrogen functional groups attached to an aromatic ring is 1. The molecule has 0 unspecified atom stereocenters. The van der Waals surface area contributed by atoms with Gasteiger partial charge in [-0.25, -0.2) is 4.68 Å². The number of hydrogen-bond donors (Lipinski definition) is 1. The summed E-state index contributed by atoms with van der Waals surface area (Å²) in [5, 5.41) is 4.40. The predicted molar refractivity (Wildman–Crippen MR) is 65.2 cm³/mol. The monoisotopic (exact) mass is 265 g/mol. The lowest BCUT2D eigenvalue weighted by atomic mass is 10.2. The van der Waals surface area contributed by atoms with Gasteiger partial charge in [-0.05, 0) is 48.0 Å². The van der Waals surface area contributed by atoms with Gasteiger partial charge in [0.2, 0.25) is 0 Å². The van der Waals surface area contributed by atoms with Crippen LogP contribution in [0.1, 0.15) is 11.4 Å². The summed E-state index contributed by atoms with van der Waals surface area (Å²) in [5.74, 6) is 0. The summed E-state index contributed by atoms with van der Waals surface area (Å²) < 4.78 is 2.75. The number of nitrogens with two attached hydrogens (primary N) is 1. The number of hydrogen-bond acceptors (Lipinski definition) is 2. The molecule has 0 fully saturated rings. The molecular formula is C11H12BrN3. The van der Waals surface area contributed by atoms with Crippen molar-refractivity contribution in [1.82, 2.24) is 9.78 Å². The topological polar surface area (TPSA) is 43.8 Å².